The number of halogens is 1. The highest BCUT2D eigenvalue weighted by atomic mass is 35.5. The van der Waals surface area contributed by atoms with Crippen LogP contribution in [0.3, 0.4) is 0 Å². The van der Waals surface area contributed by atoms with E-state index in [0.717, 1.165) is 54.2 Å². The van der Waals surface area contributed by atoms with Crippen LogP contribution in [-0.4, -0.2) is 48.7 Å². The molecular weight excluding hydrogens is 430 g/mol. The molecule has 31 heavy (non-hydrogen) atoms. The van der Waals surface area contributed by atoms with Gasteiger partial charge in [0.05, 0.1) is 5.75 Å². The number of aromatic nitrogens is 4. The Morgan fingerprint density at radius 1 is 1.19 bits per heavy atom. The van der Waals surface area contributed by atoms with Crippen molar-refractivity contribution >= 4 is 35.0 Å². The van der Waals surface area contributed by atoms with Crippen molar-refractivity contribution in [2.45, 2.75) is 64.1 Å². The predicted molar refractivity (Wildman–Crippen MR) is 125 cm³/mol. The van der Waals surface area contributed by atoms with E-state index in [1.165, 1.54) is 23.7 Å². The molecule has 1 atom stereocenters. The van der Waals surface area contributed by atoms with E-state index in [-0.39, 0.29) is 5.91 Å². The van der Waals surface area contributed by atoms with Gasteiger partial charge in [-0.2, -0.15) is 4.98 Å². The molecule has 6 nitrogen and oxygen atoms in total. The van der Waals surface area contributed by atoms with Crippen LogP contribution in [0.5, 0.6) is 0 Å². The zero-order chi connectivity index (χ0) is 22.0. The van der Waals surface area contributed by atoms with Gasteiger partial charge in [0.2, 0.25) is 11.1 Å². The average Bonchev–Trinajstić information content (AvgIpc) is 3.19. The van der Waals surface area contributed by atoms with Gasteiger partial charge in [0.15, 0.2) is 0 Å². The first kappa shape index (κ1) is 22.1. The normalized spacial score (nSPS) is 16.8. The maximum Gasteiger partial charge on any atom is 0.253 e. The maximum absolute atomic E-state index is 12.8. The van der Waals surface area contributed by atoms with E-state index in [2.05, 4.69) is 22.0 Å². The molecule has 2 aromatic heterocycles. The van der Waals surface area contributed by atoms with Gasteiger partial charge in [0.1, 0.15) is 0 Å². The standard InChI is InChI=1S/C23H28ClN5OS/c1-4-19-7-5-6-12-28(19)21(30)14-31-23-26-22-25-15(2)20(16(3)29(22)27-23)13-17-8-10-18(24)11-9-17/h8-11,19H,4-7,12-14H2,1-3H3/t19-/m1/s1. The third-order valence-corrected chi connectivity index (χ3v) is 7.14. The second kappa shape index (κ2) is 9.57. The minimum atomic E-state index is 0.180. The predicted octanol–water partition coefficient (Wildman–Crippen LogP) is 4.87. The van der Waals surface area contributed by atoms with Gasteiger partial charge in [-0.1, -0.05) is 42.4 Å². The molecule has 164 valence electrons. The van der Waals surface area contributed by atoms with Gasteiger partial charge in [-0.15, -0.1) is 5.10 Å². The molecule has 1 aliphatic heterocycles. The quantitative estimate of drug-likeness (QED) is 0.494. The number of benzene rings is 1. The molecule has 0 unspecified atom stereocenters. The van der Waals surface area contributed by atoms with Crippen molar-refractivity contribution in [3.8, 4) is 0 Å². The van der Waals surface area contributed by atoms with Crippen molar-refractivity contribution < 1.29 is 4.79 Å². The molecule has 3 aromatic rings. The summed E-state index contributed by atoms with van der Waals surface area (Å²) in [5, 5.41) is 5.96. The molecule has 1 aliphatic rings. The Morgan fingerprint density at radius 3 is 2.71 bits per heavy atom. The number of hydrogen-bond acceptors (Lipinski definition) is 5. The molecule has 0 aliphatic carbocycles. The van der Waals surface area contributed by atoms with Crippen LogP contribution in [0.2, 0.25) is 5.02 Å². The molecule has 1 amide bonds. The summed E-state index contributed by atoms with van der Waals surface area (Å²) >= 11 is 7.41. The van der Waals surface area contributed by atoms with Crippen LogP contribution in [0.15, 0.2) is 29.4 Å². The highest BCUT2D eigenvalue weighted by molar-refractivity contribution is 7.99. The van der Waals surface area contributed by atoms with Crippen molar-refractivity contribution in [1.82, 2.24) is 24.5 Å². The van der Waals surface area contributed by atoms with E-state index in [1.807, 2.05) is 43.0 Å². The number of rotatable bonds is 6. The van der Waals surface area contributed by atoms with Gasteiger partial charge in [0.25, 0.3) is 5.78 Å². The number of likely N-dealkylation sites (tertiary alicyclic amines) is 1. The highest BCUT2D eigenvalue weighted by Crippen LogP contribution is 2.24. The molecule has 1 saturated heterocycles. The van der Waals surface area contributed by atoms with E-state index in [4.69, 9.17) is 11.6 Å². The summed E-state index contributed by atoms with van der Waals surface area (Å²) in [6, 6.07) is 8.24. The first-order valence-electron chi connectivity index (χ1n) is 10.9. The lowest BCUT2D eigenvalue weighted by Crippen LogP contribution is -2.44. The van der Waals surface area contributed by atoms with Gasteiger partial charge >= 0.3 is 0 Å². The van der Waals surface area contributed by atoms with Crippen LogP contribution in [0.4, 0.5) is 0 Å². The van der Waals surface area contributed by atoms with E-state index in [9.17, 15) is 4.79 Å². The number of fused-ring (bicyclic) bond motifs is 1. The van der Waals surface area contributed by atoms with Crippen LogP contribution >= 0.6 is 23.4 Å². The van der Waals surface area contributed by atoms with Gasteiger partial charge in [0, 0.05) is 35.4 Å². The van der Waals surface area contributed by atoms with Crippen LogP contribution < -0.4 is 0 Å². The largest absolute Gasteiger partial charge is 0.339 e. The second-order valence-corrected chi connectivity index (χ2v) is 9.48. The van der Waals surface area contributed by atoms with E-state index < -0.39 is 0 Å². The second-order valence-electron chi connectivity index (χ2n) is 8.10. The van der Waals surface area contributed by atoms with Gasteiger partial charge in [-0.3, -0.25) is 4.79 Å². The van der Waals surface area contributed by atoms with Crippen LogP contribution in [0.25, 0.3) is 5.78 Å². The fourth-order valence-electron chi connectivity index (χ4n) is 4.28. The fourth-order valence-corrected chi connectivity index (χ4v) is 5.11. The summed E-state index contributed by atoms with van der Waals surface area (Å²) in [7, 11) is 0. The summed E-state index contributed by atoms with van der Waals surface area (Å²) in [4.78, 5) is 24.1. The van der Waals surface area contributed by atoms with Gasteiger partial charge in [-0.05, 0) is 62.8 Å². The number of hydrogen-bond donors (Lipinski definition) is 0. The topological polar surface area (TPSA) is 63.4 Å². The van der Waals surface area contributed by atoms with E-state index in [1.54, 1.807) is 4.52 Å². The van der Waals surface area contributed by atoms with Crippen LogP contribution in [-0.2, 0) is 11.2 Å². The molecule has 0 bridgehead atoms. The lowest BCUT2D eigenvalue weighted by atomic mass is 10.0. The molecule has 3 heterocycles. The number of thioether (sulfide) groups is 1. The zero-order valence-electron chi connectivity index (χ0n) is 18.3. The van der Waals surface area contributed by atoms with Crippen LogP contribution in [0, 0.1) is 13.8 Å². The molecule has 0 N–H and O–H groups in total. The van der Waals surface area contributed by atoms with Gasteiger partial charge < -0.3 is 4.90 Å². The molecular formula is C23H28ClN5OS. The number of amides is 1. The number of aryl methyl sites for hydroxylation is 2. The molecule has 0 radical (unpaired) electrons. The number of piperidine rings is 1. The lowest BCUT2D eigenvalue weighted by molar-refractivity contribution is -0.132. The number of carbonyl (C=O) groups excluding carboxylic acids is 1. The SMILES string of the molecule is CC[C@@H]1CCCCN1C(=O)CSc1nc2nc(C)c(Cc3ccc(Cl)cc3)c(C)n2n1. The zero-order valence-corrected chi connectivity index (χ0v) is 19.8. The first-order chi connectivity index (χ1) is 15.0. The monoisotopic (exact) mass is 457 g/mol. The fraction of sp³-hybridized carbons (Fsp3) is 0.478. The maximum atomic E-state index is 12.8. The third kappa shape index (κ3) is 4.88. The van der Waals surface area contributed by atoms with Crippen LogP contribution in [0.1, 0.15) is 55.1 Å². The smallest absolute Gasteiger partial charge is 0.253 e. The van der Waals surface area contributed by atoms with Gasteiger partial charge in [-0.25, -0.2) is 9.50 Å². The molecule has 4 rings (SSSR count). The first-order valence-corrected chi connectivity index (χ1v) is 12.2. The third-order valence-electron chi connectivity index (χ3n) is 6.07. The summed E-state index contributed by atoms with van der Waals surface area (Å²) < 4.78 is 1.79. The highest BCUT2D eigenvalue weighted by Gasteiger charge is 2.25. The molecule has 0 spiro atoms. The summed E-state index contributed by atoms with van der Waals surface area (Å²) in [5.41, 5.74) is 4.26. The molecule has 1 fully saturated rings. The summed E-state index contributed by atoms with van der Waals surface area (Å²) in [6.07, 6.45) is 5.19. The number of carbonyl (C=O) groups is 1. The Balaban J connectivity index is 1.50. The van der Waals surface area contributed by atoms with Crippen molar-refractivity contribution in [2.75, 3.05) is 12.3 Å². The summed E-state index contributed by atoms with van der Waals surface area (Å²) in [5.74, 6) is 1.12. The van der Waals surface area contributed by atoms with E-state index >= 15 is 0 Å². The Hall–Kier alpha value is -2.12. The molecule has 0 saturated carbocycles. The van der Waals surface area contributed by atoms with E-state index in [0.29, 0.717) is 22.7 Å². The average molecular weight is 458 g/mol. The number of nitrogens with zero attached hydrogens (tertiary/aromatic N) is 5. The minimum absolute atomic E-state index is 0.180. The minimum Gasteiger partial charge on any atom is -0.339 e. The van der Waals surface area contributed by atoms with Crippen molar-refractivity contribution in [1.29, 1.82) is 0 Å². The Kier molecular flexibility index (Phi) is 6.82. The Morgan fingerprint density at radius 2 is 1.97 bits per heavy atom. The Labute approximate surface area is 192 Å². The molecule has 1 aromatic carbocycles. The molecule has 8 heteroatoms. The lowest BCUT2D eigenvalue weighted by Gasteiger charge is -2.35. The van der Waals surface area contributed by atoms with Crippen molar-refractivity contribution in [3.63, 3.8) is 0 Å². The summed E-state index contributed by atoms with van der Waals surface area (Å²) in [6.45, 7) is 7.07. The van der Waals surface area contributed by atoms with Crippen molar-refractivity contribution in [3.05, 3.63) is 51.8 Å². The Bertz CT molecular complexity index is 1080. The van der Waals surface area contributed by atoms with Crippen molar-refractivity contribution in [2.24, 2.45) is 0 Å².